The van der Waals surface area contributed by atoms with Crippen molar-refractivity contribution in [3.05, 3.63) is 71.3 Å². The first kappa shape index (κ1) is 24.0. The van der Waals surface area contributed by atoms with Gasteiger partial charge in [0.1, 0.15) is 5.60 Å². The molecule has 2 atom stereocenters. The summed E-state index contributed by atoms with van der Waals surface area (Å²) < 4.78 is 37.3. The molecule has 0 N–H and O–H groups in total. The fourth-order valence-electron chi connectivity index (χ4n) is 3.60. The molecule has 0 radical (unpaired) electrons. The van der Waals surface area contributed by atoms with Gasteiger partial charge < -0.3 is 9.47 Å². The number of amides is 2. The summed E-state index contributed by atoms with van der Waals surface area (Å²) in [5.74, 6) is -6.22. The van der Waals surface area contributed by atoms with Crippen LogP contribution in [0.4, 0.5) is 13.6 Å². The standard InChI is InChI=1S/C24H23F2NO6/c1-23(2,3)33-22(31)27(20(29)14-8-6-5-7-9-14)24(21(30)32-4)13-16(24)19(28)15-10-11-17(25)18(26)12-15/h5-12,16H,13H2,1-4H3. The normalized spacial score (nSPS) is 19.4. The minimum absolute atomic E-state index is 0.0811. The number of nitrogens with zero attached hydrogens (tertiary/aromatic N) is 1. The second-order valence-corrected chi connectivity index (χ2v) is 8.65. The maximum Gasteiger partial charge on any atom is 0.418 e. The Kier molecular flexibility index (Phi) is 6.35. The number of carbonyl (C=O) groups is 4. The number of Topliss-reactive ketones (excluding diaryl/α,β-unsaturated/α-hetero) is 1. The number of imide groups is 1. The third kappa shape index (κ3) is 4.62. The van der Waals surface area contributed by atoms with Crippen LogP contribution in [0.25, 0.3) is 0 Å². The van der Waals surface area contributed by atoms with Gasteiger partial charge in [-0.25, -0.2) is 23.3 Å². The van der Waals surface area contributed by atoms with Crippen molar-refractivity contribution in [3.8, 4) is 0 Å². The fourth-order valence-corrected chi connectivity index (χ4v) is 3.60. The van der Waals surface area contributed by atoms with Gasteiger partial charge in [0.15, 0.2) is 23.0 Å². The summed E-state index contributed by atoms with van der Waals surface area (Å²) in [6.07, 6.45) is -1.39. The lowest BCUT2D eigenvalue weighted by atomic mass is 10.0. The Hall–Kier alpha value is -3.62. The summed E-state index contributed by atoms with van der Waals surface area (Å²) in [6, 6.07) is 10.2. The van der Waals surface area contributed by atoms with E-state index in [1.165, 1.54) is 12.1 Å². The van der Waals surface area contributed by atoms with Crippen molar-refractivity contribution >= 4 is 23.8 Å². The zero-order valence-electron chi connectivity index (χ0n) is 18.6. The maximum absolute atomic E-state index is 13.7. The van der Waals surface area contributed by atoms with Crippen molar-refractivity contribution in [3.63, 3.8) is 0 Å². The van der Waals surface area contributed by atoms with Crippen LogP contribution in [0.1, 0.15) is 47.9 Å². The summed E-state index contributed by atoms with van der Waals surface area (Å²) in [4.78, 5) is 53.1. The Morgan fingerprint density at radius 3 is 2.15 bits per heavy atom. The predicted molar refractivity (Wildman–Crippen MR) is 112 cm³/mol. The average Bonchev–Trinajstić information content (AvgIpc) is 3.50. The highest BCUT2D eigenvalue weighted by molar-refractivity contribution is 6.13. The Morgan fingerprint density at radius 1 is 0.970 bits per heavy atom. The SMILES string of the molecule is COC(=O)C1(N(C(=O)OC(C)(C)C)C(=O)c2ccccc2)CC1C(=O)c1ccc(F)c(F)c1. The molecule has 9 heteroatoms. The van der Waals surface area contributed by atoms with Crippen LogP contribution < -0.4 is 0 Å². The first-order valence-corrected chi connectivity index (χ1v) is 10.1. The zero-order valence-corrected chi connectivity index (χ0v) is 18.6. The largest absolute Gasteiger partial charge is 0.467 e. The number of carbonyl (C=O) groups excluding carboxylic acids is 4. The van der Waals surface area contributed by atoms with Crippen LogP contribution in [0.15, 0.2) is 48.5 Å². The first-order chi connectivity index (χ1) is 15.4. The summed E-state index contributed by atoms with van der Waals surface area (Å²) in [5, 5.41) is 0. The highest BCUT2D eigenvalue weighted by Gasteiger charge is 2.71. The molecule has 1 fully saturated rings. The van der Waals surface area contributed by atoms with Crippen LogP contribution in [0.3, 0.4) is 0 Å². The van der Waals surface area contributed by atoms with Gasteiger partial charge in [0, 0.05) is 11.1 Å². The first-order valence-electron chi connectivity index (χ1n) is 10.1. The van der Waals surface area contributed by atoms with Gasteiger partial charge >= 0.3 is 12.1 Å². The molecule has 7 nitrogen and oxygen atoms in total. The minimum atomic E-state index is -1.99. The molecule has 33 heavy (non-hydrogen) atoms. The minimum Gasteiger partial charge on any atom is -0.467 e. The lowest BCUT2D eigenvalue weighted by Gasteiger charge is -2.31. The van der Waals surface area contributed by atoms with E-state index in [1.807, 2.05) is 0 Å². The quantitative estimate of drug-likeness (QED) is 0.493. The van der Waals surface area contributed by atoms with Gasteiger partial charge in [0.2, 0.25) is 0 Å². The monoisotopic (exact) mass is 459 g/mol. The molecule has 2 aromatic carbocycles. The number of methoxy groups -OCH3 is 1. The summed E-state index contributed by atoms with van der Waals surface area (Å²) in [7, 11) is 1.06. The van der Waals surface area contributed by atoms with Crippen molar-refractivity contribution in [1.82, 2.24) is 4.90 Å². The lowest BCUT2D eigenvalue weighted by Crippen LogP contribution is -2.54. The Balaban J connectivity index is 2.08. The van der Waals surface area contributed by atoms with Gasteiger partial charge in [-0.15, -0.1) is 0 Å². The third-order valence-electron chi connectivity index (χ3n) is 5.19. The molecular weight excluding hydrogens is 436 g/mol. The number of halogens is 2. The summed E-state index contributed by atoms with van der Waals surface area (Å²) in [5.41, 5.74) is -3.14. The number of hydrogen-bond acceptors (Lipinski definition) is 6. The van der Waals surface area contributed by atoms with Crippen molar-refractivity contribution in [2.75, 3.05) is 7.11 Å². The van der Waals surface area contributed by atoms with Gasteiger partial charge in [-0.3, -0.25) is 9.59 Å². The molecule has 1 aliphatic rings. The van der Waals surface area contributed by atoms with E-state index in [9.17, 15) is 28.0 Å². The number of ketones is 1. The van der Waals surface area contributed by atoms with E-state index in [1.54, 1.807) is 39.0 Å². The zero-order chi connectivity index (χ0) is 24.6. The molecule has 1 aliphatic carbocycles. The van der Waals surface area contributed by atoms with Crippen LogP contribution in [0, 0.1) is 17.6 Å². The van der Waals surface area contributed by atoms with Crippen molar-refractivity contribution < 1.29 is 37.4 Å². The lowest BCUT2D eigenvalue weighted by molar-refractivity contribution is -0.148. The van der Waals surface area contributed by atoms with Crippen molar-refractivity contribution in [2.45, 2.75) is 38.3 Å². The maximum atomic E-state index is 13.7. The molecule has 3 rings (SSSR count). The van der Waals surface area contributed by atoms with Gasteiger partial charge in [-0.2, -0.15) is 0 Å². The van der Waals surface area contributed by atoms with Gasteiger partial charge in [-0.1, -0.05) is 18.2 Å². The van der Waals surface area contributed by atoms with Crippen molar-refractivity contribution in [1.29, 1.82) is 0 Å². The Bertz CT molecular complexity index is 1110. The molecular formula is C24H23F2NO6. The van der Waals surface area contributed by atoms with Crippen molar-refractivity contribution in [2.24, 2.45) is 5.92 Å². The number of esters is 1. The molecule has 0 bridgehead atoms. The van der Waals surface area contributed by atoms with E-state index < -0.39 is 52.4 Å². The number of hydrogen-bond donors (Lipinski definition) is 0. The second kappa shape index (κ2) is 8.73. The number of rotatable bonds is 5. The van der Waals surface area contributed by atoms with E-state index >= 15 is 0 Å². The molecule has 0 aliphatic heterocycles. The fraction of sp³-hybridized carbons (Fsp3) is 0.333. The summed E-state index contributed by atoms with van der Waals surface area (Å²) >= 11 is 0. The van der Waals surface area contributed by atoms with Crippen LogP contribution in [-0.2, 0) is 14.3 Å². The molecule has 2 unspecified atom stereocenters. The van der Waals surface area contributed by atoms with Gasteiger partial charge in [0.25, 0.3) is 5.91 Å². The molecule has 0 heterocycles. The molecule has 0 saturated heterocycles. The number of benzene rings is 2. The number of ether oxygens (including phenoxy) is 2. The second-order valence-electron chi connectivity index (χ2n) is 8.65. The topological polar surface area (TPSA) is 90.0 Å². The highest BCUT2D eigenvalue weighted by Crippen LogP contribution is 2.52. The van der Waals surface area contributed by atoms with Crippen LogP contribution in [-0.4, -0.2) is 46.9 Å². The van der Waals surface area contributed by atoms with E-state index in [-0.39, 0.29) is 17.5 Å². The van der Waals surface area contributed by atoms with E-state index in [0.29, 0.717) is 11.0 Å². The van der Waals surface area contributed by atoms with Crippen LogP contribution in [0.2, 0.25) is 0 Å². The molecule has 1 saturated carbocycles. The predicted octanol–water partition coefficient (Wildman–Crippen LogP) is 4.16. The molecule has 2 amide bonds. The van der Waals surface area contributed by atoms with Crippen LogP contribution in [0.5, 0.6) is 0 Å². The smallest absolute Gasteiger partial charge is 0.418 e. The molecule has 2 aromatic rings. The van der Waals surface area contributed by atoms with Gasteiger partial charge in [-0.05, 0) is 57.5 Å². The Morgan fingerprint density at radius 2 is 1.61 bits per heavy atom. The van der Waals surface area contributed by atoms with E-state index in [2.05, 4.69) is 0 Å². The van der Waals surface area contributed by atoms with Gasteiger partial charge in [0.05, 0.1) is 13.0 Å². The Labute approximate surface area is 189 Å². The molecule has 174 valence electrons. The highest BCUT2D eigenvalue weighted by atomic mass is 19.2. The summed E-state index contributed by atoms with van der Waals surface area (Å²) in [6.45, 7) is 4.74. The molecule has 0 aromatic heterocycles. The van der Waals surface area contributed by atoms with E-state index in [4.69, 9.17) is 9.47 Å². The van der Waals surface area contributed by atoms with Crippen LogP contribution >= 0.6 is 0 Å². The van der Waals surface area contributed by atoms with E-state index in [0.717, 1.165) is 19.2 Å². The average molecular weight is 459 g/mol. The molecule has 0 spiro atoms. The third-order valence-corrected chi connectivity index (χ3v) is 5.19.